The maximum Gasteiger partial charge on any atom is 0.170 e. The molecule has 0 aliphatic heterocycles. The number of aromatic nitrogens is 1. The Morgan fingerprint density at radius 2 is 2.00 bits per heavy atom. The Bertz CT molecular complexity index is 311. The van der Waals surface area contributed by atoms with Crippen LogP contribution in [0.2, 0.25) is 0 Å². The van der Waals surface area contributed by atoms with Crippen molar-refractivity contribution in [1.82, 2.24) is 9.88 Å². The Morgan fingerprint density at radius 3 is 2.47 bits per heavy atom. The molecule has 17 heavy (non-hydrogen) atoms. The molecule has 1 rings (SSSR count). The Kier molecular flexibility index (Phi) is 6.65. The predicted octanol–water partition coefficient (Wildman–Crippen LogP) is 2.28. The molecular weight excluding hydrogens is 236 g/mol. The topological polar surface area (TPSA) is 34.6 Å². The summed E-state index contributed by atoms with van der Waals surface area (Å²) in [7, 11) is 2.06. The predicted molar refractivity (Wildman–Crippen MR) is 70.2 cm³/mol. The second-order valence-electron chi connectivity index (χ2n) is 3.89. The Labute approximate surface area is 108 Å². The quantitative estimate of drug-likeness (QED) is 0.670. The number of likely N-dealkylation sites (N-methyl/N-ethyl adjacent to an activating group) is 1. The molecule has 0 bridgehead atoms. The number of aryl methyl sites for hydroxylation is 1. The Balaban J connectivity index is 2.38. The van der Waals surface area contributed by atoms with Gasteiger partial charge in [0, 0.05) is 31.7 Å². The van der Waals surface area contributed by atoms with Gasteiger partial charge in [-0.05, 0) is 27.8 Å². The van der Waals surface area contributed by atoms with E-state index in [0.29, 0.717) is 13.2 Å². The first kappa shape index (κ1) is 14.6. The Hall–Kier alpha value is -0.490. The second kappa shape index (κ2) is 7.76. The van der Waals surface area contributed by atoms with Gasteiger partial charge in [-0.2, -0.15) is 0 Å². The van der Waals surface area contributed by atoms with Crippen molar-refractivity contribution in [1.29, 1.82) is 0 Å². The molecule has 0 N–H and O–H groups in total. The second-order valence-corrected chi connectivity index (χ2v) is 4.96. The van der Waals surface area contributed by atoms with Crippen molar-refractivity contribution in [2.45, 2.75) is 33.6 Å². The largest absolute Gasteiger partial charge is 0.352 e. The van der Waals surface area contributed by atoms with Gasteiger partial charge in [0.05, 0.1) is 10.7 Å². The van der Waals surface area contributed by atoms with Gasteiger partial charge in [0.25, 0.3) is 0 Å². The first-order valence-electron chi connectivity index (χ1n) is 5.98. The van der Waals surface area contributed by atoms with E-state index in [2.05, 4.69) is 22.3 Å². The minimum absolute atomic E-state index is 0.144. The first-order valence-corrected chi connectivity index (χ1v) is 6.86. The van der Waals surface area contributed by atoms with Crippen LogP contribution in [-0.2, 0) is 16.0 Å². The van der Waals surface area contributed by atoms with Gasteiger partial charge in [-0.15, -0.1) is 11.3 Å². The van der Waals surface area contributed by atoms with Gasteiger partial charge >= 0.3 is 0 Å². The molecule has 1 aromatic rings. The number of rotatable bonds is 8. The van der Waals surface area contributed by atoms with Gasteiger partial charge in [0.1, 0.15) is 0 Å². The molecule has 0 unspecified atom stereocenters. The molecule has 0 amide bonds. The van der Waals surface area contributed by atoms with E-state index >= 15 is 0 Å². The van der Waals surface area contributed by atoms with Gasteiger partial charge < -0.3 is 9.47 Å². The zero-order valence-electron chi connectivity index (χ0n) is 11.1. The summed E-state index contributed by atoms with van der Waals surface area (Å²) in [6.07, 6.45) is -0.144. The van der Waals surface area contributed by atoms with Gasteiger partial charge in [0.2, 0.25) is 0 Å². The van der Waals surface area contributed by atoms with Crippen LogP contribution in [0.5, 0.6) is 0 Å². The van der Waals surface area contributed by atoms with Gasteiger partial charge in [-0.1, -0.05) is 0 Å². The minimum atomic E-state index is -0.144. The molecule has 0 aromatic carbocycles. The van der Waals surface area contributed by atoms with Crippen LogP contribution in [0.4, 0.5) is 0 Å². The average Bonchev–Trinajstić information content (AvgIpc) is 2.64. The highest BCUT2D eigenvalue weighted by Gasteiger charge is 2.12. The smallest absolute Gasteiger partial charge is 0.170 e. The summed E-state index contributed by atoms with van der Waals surface area (Å²) in [6, 6.07) is 0. The molecule has 1 aromatic heterocycles. The summed E-state index contributed by atoms with van der Waals surface area (Å²) in [6.45, 7) is 8.94. The van der Waals surface area contributed by atoms with E-state index < -0.39 is 0 Å². The van der Waals surface area contributed by atoms with Crippen molar-refractivity contribution >= 4 is 11.3 Å². The molecule has 0 fully saturated rings. The maximum absolute atomic E-state index is 5.51. The third kappa shape index (κ3) is 5.59. The van der Waals surface area contributed by atoms with Crippen LogP contribution >= 0.6 is 11.3 Å². The average molecular weight is 258 g/mol. The van der Waals surface area contributed by atoms with Crippen molar-refractivity contribution in [2.75, 3.05) is 26.8 Å². The number of nitrogens with zero attached hydrogens (tertiary/aromatic N) is 2. The van der Waals surface area contributed by atoms with Gasteiger partial charge in [0.15, 0.2) is 6.29 Å². The fourth-order valence-electron chi connectivity index (χ4n) is 1.60. The van der Waals surface area contributed by atoms with Gasteiger partial charge in [-0.25, -0.2) is 4.98 Å². The van der Waals surface area contributed by atoms with Crippen molar-refractivity contribution < 1.29 is 9.47 Å². The van der Waals surface area contributed by atoms with Gasteiger partial charge in [-0.3, -0.25) is 4.90 Å². The summed E-state index contributed by atoms with van der Waals surface area (Å²) < 4.78 is 11.0. The molecule has 0 aliphatic carbocycles. The van der Waals surface area contributed by atoms with E-state index in [1.165, 1.54) is 0 Å². The zero-order chi connectivity index (χ0) is 12.7. The van der Waals surface area contributed by atoms with Crippen LogP contribution in [0.1, 0.15) is 24.5 Å². The molecule has 0 atom stereocenters. The van der Waals surface area contributed by atoms with E-state index in [9.17, 15) is 0 Å². The summed E-state index contributed by atoms with van der Waals surface area (Å²) >= 11 is 1.69. The number of ether oxygens (including phenoxy) is 2. The lowest BCUT2D eigenvalue weighted by Crippen LogP contribution is -2.33. The van der Waals surface area contributed by atoms with Crippen LogP contribution in [0.25, 0.3) is 0 Å². The third-order valence-corrected chi connectivity index (χ3v) is 3.09. The highest BCUT2D eigenvalue weighted by Crippen LogP contribution is 2.10. The molecule has 98 valence electrons. The lowest BCUT2D eigenvalue weighted by atomic mass is 10.4. The van der Waals surface area contributed by atoms with E-state index in [-0.39, 0.29) is 6.29 Å². The van der Waals surface area contributed by atoms with Crippen molar-refractivity contribution in [3.05, 3.63) is 16.1 Å². The molecule has 1 heterocycles. The maximum atomic E-state index is 5.51. The molecule has 0 aliphatic rings. The van der Waals surface area contributed by atoms with E-state index in [0.717, 1.165) is 23.8 Å². The molecule has 4 nitrogen and oxygen atoms in total. The lowest BCUT2D eigenvalue weighted by molar-refractivity contribution is -0.145. The van der Waals surface area contributed by atoms with E-state index in [1.54, 1.807) is 11.3 Å². The van der Waals surface area contributed by atoms with Crippen LogP contribution in [-0.4, -0.2) is 43.0 Å². The van der Waals surface area contributed by atoms with Crippen molar-refractivity contribution in [3.63, 3.8) is 0 Å². The molecule has 5 heteroatoms. The van der Waals surface area contributed by atoms with Crippen LogP contribution in [0.15, 0.2) is 5.38 Å². The standard InChI is InChI=1S/C12H22N2O2S/c1-5-15-12(16-6-2)8-14(4)7-11-9-17-10(3)13-11/h9,12H,5-8H2,1-4H3. The molecule has 0 radical (unpaired) electrons. The van der Waals surface area contributed by atoms with Crippen molar-refractivity contribution in [2.24, 2.45) is 0 Å². The lowest BCUT2D eigenvalue weighted by Gasteiger charge is -2.23. The monoisotopic (exact) mass is 258 g/mol. The van der Waals surface area contributed by atoms with Crippen LogP contribution in [0.3, 0.4) is 0 Å². The fourth-order valence-corrected chi connectivity index (χ4v) is 2.21. The molecular formula is C12H22N2O2S. The summed E-state index contributed by atoms with van der Waals surface area (Å²) in [5, 5.41) is 3.21. The summed E-state index contributed by atoms with van der Waals surface area (Å²) in [4.78, 5) is 6.62. The normalized spacial score (nSPS) is 11.6. The Morgan fingerprint density at radius 1 is 1.35 bits per heavy atom. The molecule has 0 saturated heterocycles. The summed E-state index contributed by atoms with van der Waals surface area (Å²) in [5.41, 5.74) is 1.11. The minimum Gasteiger partial charge on any atom is -0.352 e. The molecule has 0 spiro atoms. The van der Waals surface area contributed by atoms with E-state index in [1.807, 2.05) is 20.8 Å². The van der Waals surface area contributed by atoms with E-state index in [4.69, 9.17) is 9.47 Å². The van der Waals surface area contributed by atoms with Crippen LogP contribution < -0.4 is 0 Å². The third-order valence-electron chi connectivity index (χ3n) is 2.26. The highest BCUT2D eigenvalue weighted by atomic mass is 32.1. The highest BCUT2D eigenvalue weighted by molar-refractivity contribution is 7.09. The zero-order valence-corrected chi connectivity index (χ0v) is 11.9. The number of thiazole rings is 1. The van der Waals surface area contributed by atoms with Crippen molar-refractivity contribution in [3.8, 4) is 0 Å². The summed E-state index contributed by atoms with van der Waals surface area (Å²) in [5.74, 6) is 0. The fraction of sp³-hybridized carbons (Fsp3) is 0.750. The number of hydrogen-bond donors (Lipinski definition) is 0. The molecule has 0 saturated carbocycles. The first-order chi connectivity index (χ1) is 8.15. The van der Waals surface area contributed by atoms with Crippen LogP contribution in [0, 0.1) is 6.92 Å². The number of hydrogen-bond acceptors (Lipinski definition) is 5. The SMILES string of the molecule is CCOC(CN(C)Cc1csc(C)n1)OCC.